The van der Waals surface area contributed by atoms with Crippen LogP contribution in [0.1, 0.15) is 221 Å². The molecule has 286 valence electrons. The molecule has 0 bridgehead atoms. The van der Waals surface area contributed by atoms with Crippen molar-refractivity contribution in [2.45, 2.75) is 221 Å². The molecule has 0 saturated heterocycles. The van der Waals surface area contributed by atoms with E-state index in [0.29, 0.717) is 13.2 Å². The van der Waals surface area contributed by atoms with E-state index in [9.17, 15) is 9.59 Å². The van der Waals surface area contributed by atoms with Gasteiger partial charge < -0.3 is 14.4 Å². The highest BCUT2D eigenvalue weighted by Gasteiger charge is 2.20. The molecule has 0 rings (SSSR count). The van der Waals surface area contributed by atoms with E-state index in [1.807, 2.05) is 0 Å². The van der Waals surface area contributed by atoms with Crippen molar-refractivity contribution in [1.82, 2.24) is 4.90 Å². The normalized spacial score (nSPS) is 12.8. The highest BCUT2D eigenvalue weighted by Crippen LogP contribution is 2.22. The van der Waals surface area contributed by atoms with E-state index in [-0.39, 0.29) is 23.8 Å². The van der Waals surface area contributed by atoms with Crippen molar-refractivity contribution in [1.29, 1.82) is 0 Å². The predicted molar refractivity (Wildman–Crippen MR) is 208 cm³/mol. The van der Waals surface area contributed by atoms with Crippen molar-refractivity contribution >= 4 is 11.9 Å². The molecule has 0 aliphatic carbocycles. The summed E-state index contributed by atoms with van der Waals surface area (Å²) in [4.78, 5) is 28.5. The Balaban J connectivity index is 4.40. The molecule has 2 unspecified atom stereocenters. The first-order chi connectivity index (χ1) is 23.5. The fourth-order valence-corrected chi connectivity index (χ4v) is 6.85. The second kappa shape index (κ2) is 37.2. The van der Waals surface area contributed by atoms with Gasteiger partial charge in [-0.25, -0.2) is 0 Å². The minimum atomic E-state index is 0.0511. The molecule has 0 spiro atoms. The first-order valence-electron chi connectivity index (χ1n) is 21.6. The lowest BCUT2D eigenvalue weighted by Gasteiger charge is -2.22. The van der Waals surface area contributed by atoms with Crippen LogP contribution < -0.4 is 0 Å². The van der Waals surface area contributed by atoms with Gasteiger partial charge in [-0.1, -0.05) is 163 Å². The van der Waals surface area contributed by atoms with Gasteiger partial charge in [0.15, 0.2) is 0 Å². The van der Waals surface area contributed by atoms with Crippen LogP contribution in [0.2, 0.25) is 0 Å². The van der Waals surface area contributed by atoms with E-state index < -0.39 is 0 Å². The average molecular weight is 680 g/mol. The van der Waals surface area contributed by atoms with E-state index in [1.165, 1.54) is 103 Å². The Hall–Kier alpha value is -1.10. The van der Waals surface area contributed by atoms with Crippen molar-refractivity contribution in [3.05, 3.63) is 0 Å². The summed E-state index contributed by atoms with van der Waals surface area (Å²) < 4.78 is 11.7. The standard InChI is InChI=1S/C43H85NO4/c1-6-11-15-19-21-25-33-40(31-23-17-13-8-3)42(45)47-38-29-27-36-44(35-10-5)37-28-30-39-48-43(46)41(32-24-18-14-9-4)34-26-22-20-16-12-7-2/h40-41H,6-39H2,1-5H3. The maximum atomic E-state index is 13.0. The van der Waals surface area contributed by atoms with Crippen LogP contribution in [0.5, 0.6) is 0 Å². The Morgan fingerprint density at radius 3 is 1.02 bits per heavy atom. The summed E-state index contributed by atoms with van der Waals surface area (Å²) in [5, 5.41) is 0. The molecule has 0 saturated carbocycles. The Labute approximate surface area is 300 Å². The summed E-state index contributed by atoms with van der Waals surface area (Å²) in [6.45, 7) is 15.5. The third-order valence-corrected chi connectivity index (χ3v) is 10.1. The SMILES string of the molecule is CCCCCCCCC(CCCCCC)C(=O)OCCCCN(CCC)CCCCOC(=O)C(CCCCCC)CCCCCCCC. The molecule has 48 heavy (non-hydrogen) atoms. The van der Waals surface area contributed by atoms with Gasteiger partial charge in [0.25, 0.3) is 0 Å². The smallest absolute Gasteiger partial charge is 0.308 e. The molecule has 5 heteroatoms. The molecule has 0 heterocycles. The number of rotatable bonds is 38. The first-order valence-corrected chi connectivity index (χ1v) is 21.6. The number of carbonyl (C=O) groups excluding carboxylic acids is 2. The van der Waals surface area contributed by atoms with Crippen molar-refractivity contribution < 1.29 is 19.1 Å². The molecule has 0 aromatic carbocycles. The van der Waals surface area contributed by atoms with Gasteiger partial charge in [0.05, 0.1) is 25.0 Å². The molecular formula is C43H85NO4. The molecule has 5 nitrogen and oxygen atoms in total. The fourth-order valence-electron chi connectivity index (χ4n) is 6.85. The zero-order valence-electron chi connectivity index (χ0n) is 33.3. The largest absolute Gasteiger partial charge is 0.465 e. The van der Waals surface area contributed by atoms with Crippen molar-refractivity contribution in [2.75, 3.05) is 32.8 Å². The Kier molecular flexibility index (Phi) is 36.3. The van der Waals surface area contributed by atoms with Gasteiger partial charge in [-0.15, -0.1) is 0 Å². The van der Waals surface area contributed by atoms with Gasteiger partial charge in [0.1, 0.15) is 0 Å². The lowest BCUT2D eigenvalue weighted by molar-refractivity contribution is -0.150. The molecule has 0 aliphatic heterocycles. The number of ether oxygens (including phenoxy) is 2. The minimum Gasteiger partial charge on any atom is -0.465 e. The molecule has 0 aromatic rings. The van der Waals surface area contributed by atoms with Crippen LogP contribution in [-0.4, -0.2) is 49.7 Å². The van der Waals surface area contributed by atoms with E-state index >= 15 is 0 Å². The Morgan fingerprint density at radius 2 is 0.688 bits per heavy atom. The van der Waals surface area contributed by atoms with Gasteiger partial charge in [-0.05, 0) is 77.4 Å². The van der Waals surface area contributed by atoms with Crippen LogP contribution in [0.25, 0.3) is 0 Å². The van der Waals surface area contributed by atoms with Crippen LogP contribution in [0.3, 0.4) is 0 Å². The fraction of sp³-hybridized carbons (Fsp3) is 0.953. The van der Waals surface area contributed by atoms with Crippen LogP contribution >= 0.6 is 0 Å². The van der Waals surface area contributed by atoms with Crippen LogP contribution in [0.15, 0.2) is 0 Å². The zero-order chi connectivity index (χ0) is 35.3. The molecule has 0 aromatic heterocycles. The van der Waals surface area contributed by atoms with Gasteiger partial charge in [0.2, 0.25) is 0 Å². The van der Waals surface area contributed by atoms with Crippen LogP contribution in [0.4, 0.5) is 0 Å². The summed E-state index contributed by atoms with van der Waals surface area (Å²) in [7, 11) is 0. The first kappa shape index (κ1) is 46.9. The summed E-state index contributed by atoms with van der Waals surface area (Å²) in [5.41, 5.74) is 0. The van der Waals surface area contributed by atoms with Gasteiger partial charge in [0, 0.05) is 0 Å². The lowest BCUT2D eigenvalue weighted by atomic mass is 9.94. The maximum Gasteiger partial charge on any atom is 0.308 e. The molecule has 0 fully saturated rings. The Morgan fingerprint density at radius 1 is 0.375 bits per heavy atom. The van der Waals surface area contributed by atoms with Crippen molar-refractivity contribution in [3.63, 3.8) is 0 Å². The maximum absolute atomic E-state index is 13.0. The Bertz CT molecular complexity index is 630. The second-order valence-corrected chi connectivity index (χ2v) is 14.8. The predicted octanol–water partition coefficient (Wildman–Crippen LogP) is 13.0. The van der Waals surface area contributed by atoms with E-state index in [1.54, 1.807) is 0 Å². The highest BCUT2D eigenvalue weighted by atomic mass is 16.5. The monoisotopic (exact) mass is 680 g/mol. The van der Waals surface area contributed by atoms with E-state index in [4.69, 9.17) is 9.47 Å². The van der Waals surface area contributed by atoms with E-state index in [2.05, 4.69) is 39.5 Å². The van der Waals surface area contributed by atoms with Gasteiger partial charge in [-0.2, -0.15) is 0 Å². The van der Waals surface area contributed by atoms with Gasteiger partial charge in [-0.3, -0.25) is 9.59 Å². The minimum absolute atomic E-state index is 0.0511. The molecule has 0 aliphatic rings. The second-order valence-electron chi connectivity index (χ2n) is 14.8. The highest BCUT2D eigenvalue weighted by molar-refractivity contribution is 5.72. The zero-order valence-corrected chi connectivity index (χ0v) is 33.3. The number of carbonyl (C=O) groups is 2. The summed E-state index contributed by atoms with van der Waals surface area (Å²) in [6, 6.07) is 0. The average Bonchev–Trinajstić information content (AvgIpc) is 3.08. The molecule has 0 N–H and O–H groups in total. The number of hydrogen-bond donors (Lipinski definition) is 0. The van der Waals surface area contributed by atoms with Crippen molar-refractivity contribution in [3.8, 4) is 0 Å². The molecule has 0 radical (unpaired) electrons. The van der Waals surface area contributed by atoms with Gasteiger partial charge >= 0.3 is 11.9 Å². The number of nitrogens with zero attached hydrogens (tertiary/aromatic N) is 1. The van der Waals surface area contributed by atoms with Crippen LogP contribution in [0, 0.1) is 11.8 Å². The quantitative estimate of drug-likeness (QED) is 0.0480. The molecular weight excluding hydrogens is 594 g/mol. The topological polar surface area (TPSA) is 55.8 Å². The summed E-state index contributed by atoms with van der Waals surface area (Å²) in [5.74, 6) is 0.279. The molecule has 2 atom stereocenters. The number of unbranched alkanes of at least 4 members (excludes halogenated alkanes) is 18. The van der Waals surface area contributed by atoms with E-state index in [0.717, 1.165) is 103 Å². The summed E-state index contributed by atoms with van der Waals surface area (Å²) in [6.07, 6.45) is 34.1. The number of hydrogen-bond acceptors (Lipinski definition) is 5. The van der Waals surface area contributed by atoms with Crippen molar-refractivity contribution in [2.24, 2.45) is 11.8 Å². The van der Waals surface area contributed by atoms with Crippen LogP contribution in [-0.2, 0) is 19.1 Å². The lowest BCUT2D eigenvalue weighted by Crippen LogP contribution is -2.27. The third-order valence-electron chi connectivity index (χ3n) is 10.1. The third kappa shape index (κ3) is 29.8. The number of esters is 2. The molecule has 0 amide bonds. The summed E-state index contributed by atoms with van der Waals surface area (Å²) >= 11 is 0.